The van der Waals surface area contributed by atoms with Crippen molar-refractivity contribution in [3.63, 3.8) is 0 Å². The normalized spacial score (nSPS) is 12.6. The molecule has 0 atom stereocenters. The van der Waals surface area contributed by atoms with E-state index in [2.05, 4.69) is 267 Å². The predicted octanol–water partition coefficient (Wildman–Crippen LogP) is 23.2. The van der Waals surface area contributed by atoms with E-state index >= 15 is 0 Å². The molecule has 0 heterocycles. The monoisotopic (exact) mass is 1010 g/mol. The molecule has 0 spiro atoms. The first-order valence-corrected chi connectivity index (χ1v) is 28.1. The Labute approximate surface area is 465 Å². The third-order valence-electron chi connectivity index (χ3n) is 18.6. The second-order valence-corrected chi connectivity index (χ2v) is 22.4. The van der Waals surface area contributed by atoms with Crippen molar-refractivity contribution >= 4 is 118 Å². The highest BCUT2D eigenvalue weighted by Gasteiger charge is 2.35. The predicted molar refractivity (Wildman–Crippen MR) is 348 cm³/mol. The van der Waals surface area contributed by atoms with Crippen molar-refractivity contribution in [1.29, 1.82) is 0 Å². The summed E-state index contributed by atoms with van der Waals surface area (Å²) >= 11 is 0. The fourth-order valence-corrected chi connectivity index (χ4v) is 15.5. The number of fused-ring (bicyclic) bond motifs is 14. The smallest absolute Gasteiger partial charge is 0 e. The Hall–Kier alpha value is -10.4. The van der Waals surface area contributed by atoms with E-state index in [-0.39, 0.29) is 1.43 Å². The van der Waals surface area contributed by atoms with E-state index in [1.54, 1.807) is 0 Å². The van der Waals surface area contributed by atoms with Gasteiger partial charge in [-0.2, -0.15) is 0 Å². The van der Waals surface area contributed by atoms with Crippen molar-refractivity contribution in [2.24, 2.45) is 0 Å². The Balaban J connectivity index is 0.00000180. The summed E-state index contributed by atoms with van der Waals surface area (Å²) in [7, 11) is 0. The Morgan fingerprint density at radius 1 is 0.163 bits per heavy atom. The first-order valence-electron chi connectivity index (χ1n) is 29.1. The van der Waals surface area contributed by atoms with Gasteiger partial charge < -0.3 is 0 Å². The summed E-state index contributed by atoms with van der Waals surface area (Å²) in [5.41, 5.74) is 17.7. The molecule has 80 heavy (non-hydrogen) atoms. The lowest BCUT2D eigenvalue weighted by molar-refractivity contribution is 1.58. The fourth-order valence-electron chi connectivity index (χ4n) is 15.5. The highest BCUT2D eigenvalue weighted by atomic mass is 14.4. The van der Waals surface area contributed by atoms with E-state index in [4.69, 9.17) is 2.97 Å². The lowest BCUT2D eigenvalue weighted by Gasteiger charge is -2.24. The molecule has 0 radical (unpaired) electrons. The highest BCUT2D eigenvalue weighted by Crippen LogP contribution is 2.62. The molecule has 0 fully saturated rings. The topological polar surface area (TPSA) is 0 Å². The van der Waals surface area contributed by atoms with Crippen LogP contribution in [0, 0.1) is 0 Å². The van der Waals surface area contributed by atoms with E-state index in [1.165, 1.54) is 196 Å². The zero-order valence-electron chi connectivity index (χ0n) is 45.4. The highest BCUT2D eigenvalue weighted by molar-refractivity contribution is 6.51. The van der Waals surface area contributed by atoms with Gasteiger partial charge in [0, 0.05) is 4.40 Å². The Bertz CT molecular complexity index is 5490. The van der Waals surface area contributed by atoms with Gasteiger partial charge in [-0.15, -0.1) is 0 Å². The Morgan fingerprint density at radius 3 is 1.07 bits per heavy atom. The summed E-state index contributed by atoms with van der Waals surface area (Å²) in [5, 5.41) is 29.1. The van der Waals surface area contributed by atoms with E-state index < -0.39 is 0 Å². The number of hydrogen-bond acceptors (Lipinski definition) is 0. The van der Waals surface area contributed by atoms with Gasteiger partial charge in [-0.25, -0.2) is 0 Å². The van der Waals surface area contributed by atoms with Crippen LogP contribution in [0.25, 0.3) is 196 Å². The summed E-state index contributed by atoms with van der Waals surface area (Å²) in [6.45, 7) is 0. The average Bonchev–Trinajstić information content (AvgIpc) is 1.71. The molecule has 19 rings (SSSR count). The third-order valence-corrected chi connectivity index (χ3v) is 18.6. The molecule has 0 aromatic heterocycles. The molecule has 0 bridgehead atoms. The molecule has 18 aromatic rings. The van der Waals surface area contributed by atoms with Crippen LogP contribution in [0.15, 0.2) is 267 Å². The largest absolute Gasteiger partial charge is 0.0622 e. The maximum atomic E-state index is 5.00. The number of hydrogen-bond donors (Lipinski definition) is 0. The molecule has 0 saturated heterocycles. The molecule has 18 aromatic carbocycles. The van der Waals surface area contributed by atoms with Crippen molar-refractivity contribution < 1.29 is 4.40 Å². The van der Waals surface area contributed by atoms with Crippen LogP contribution in [0.2, 0.25) is 0 Å². The van der Waals surface area contributed by atoms with Gasteiger partial charge in [0.15, 0.2) is 0 Å². The van der Waals surface area contributed by atoms with Crippen molar-refractivity contribution in [3.05, 3.63) is 267 Å². The van der Waals surface area contributed by atoms with Gasteiger partial charge in [-0.05, 0) is 209 Å². The van der Waals surface area contributed by atoms with Crippen molar-refractivity contribution in [2.75, 3.05) is 0 Å². The lowest BCUT2D eigenvalue weighted by atomic mass is 9.79. The summed E-state index contributed by atoms with van der Waals surface area (Å²) in [5.74, 6) is 0. The first-order chi connectivity index (χ1) is 40.8. The Kier molecular flexibility index (Phi) is 8.15. The molecule has 0 aliphatic heterocycles. The van der Waals surface area contributed by atoms with Crippen LogP contribution in [0.4, 0.5) is 0 Å². The second-order valence-electron chi connectivity index (χ2n) is 22.4. The van der Waals surface area contributed by atoms with Crippen LogP contribution in [-0.2, 0) is 0 Å². The van der Waals surface area contributed by atoms with Crippen LogP contribution < -0.4 is 0 Å². The van der Waals surface area contributed by atoms with Gasteiger partial charge in [0.05, 0.1) is 0 Å². The maximum Gasteiger partial charge on any atom is 0 e. The average molecular weight is 1010 g/mol. The van der Waals surface area contributed by atoms with E-state index in [1.807, 2.05) is 0 Å². The SMILES string of the molecule is [2HH].[2H][2H].c1ccc(-c2ccccc2-c2c3c(c(-c4ccccc4-c4ccccc4)c4cc5ccccc5cc24)-c2ccc4c5ccc6c7c(ccc(c8ccc-3c2c84)c57)c2c(-c3ccccc3)c3cccc4c5ccccc5c(c34)c62)cc1. The van der Waals surface area contributed by atoms with Gasteiger partial charge in [0.1, 0.15) is 0 Å². The minimum absolute atomic E-state index is 0. The van der Waals surface area contributed by atoms with E-state index in [0.717, 1.165) is 0 Å². The van der Waals surface area contributed by atoms with E-state index in [9.17, 15) is 0 Å². The number of rotatable bonds is 5. The molecule has 368 valence electrons. The van der Waals surface area contributed by atoms with Crippen LogP contribution in [0.1, 0.15) is 4.40 Å². The molecular weight excluding hydrogens is 961 g/mol. The van der Waals surface area contributed by atoms with Gasteiger partial charge in [0.25, 0.3) is 0 Å². The van der Waals surface area contributed by atoms with Crippen LogP contribution in [-0.4, -0.2) is 0 Å². The Morgan fingerprint density at radius 2 is 0.512 bits per heavy atom. The lowest BCUT2D eigenvalue weighted by Crippen LogP contribution is -1.96. The summed E-state index contributed by atoms with van der Waals surface area (Å²) < 4.78 is 10.0. The van der Waals surface area contributed by atoms with E-state index in [0.29, 0.717) is 0 Å². The van der Waals surface area contributed by atoms with Gasteiger partial charge in [-0.1, -0.05) is 255 Å². The molecular formula is C80H48. The quantitative estimate of drug-likeness (QED) is 0.119. The number of benzene rings is 16. The van der Waals surface area contributed by atoms with Crippen molar-refractivity contribution in [2.45, 2.75) is 0 Å². The summed E-state index contributed by atoms with van der Waals surface area (Å²) in [6, 6.07) is 101. The van der Waals surface area contributed by atoms with Crippen molar-refractivity contribution in [3.8, 4) is 77.9 Å². The minimum Gasteiger partial charge on any atom is -0.0622 e. The maximum absolute atomic E-state index is 5.00. The summed E-state index contributed by atoms with van der Waals surface area (Å²) in [4.78, 5) is 0. The molecule has 1 aliphatic carbocycles. The second kappa shape index (κ2) is 15.6. The first kappa shape index (κ1) is 41.7. The molecule has 0 N–H and O–H groups in total. The fraction of sp³-hybridized carbons (Fsp3) is 0. The molecule has 0 unspecified atom stereocenters. The molecule has 0 nitrogen and oxygen atoms in total. The van der Waals surface area contributed by atoms with Gasteiger partial charge in [0.2, 0.25) is 0 Å². The molecule has 0 amide bonds. The molecule has 1 aliphatic rings. The third kappa shape index (κ3) is 5.40. The minimum atomic E-state index is 0. The summed E-state index contributed by atoms with van der Waals surface area (Å²) in [6.07, 6.45) is 0. The molecule has 0 heteroatoms. The van der Waals surface area contributed by atoms with Crippen LogP contribution in [0.3, 0.4) is 0 Å². The van der Waals surface area contributed by atoms with Crippen LogP contribution in [0.5, 0.6) is 0 Å². The standard InChI is InChI=1S/C80H44.2H2/c1-4-19-45(20-5-1)50-27-12-15-30-53(50)72-66-43-48-25-10-11-26-49(48)44-67(66)73(54-31-16-13-28-51(54)46-21-6-2-7-22-46)79-64-41-37-59-60-38-42-65-74-62(39-35-57(69(60)74)58-36-40-63(78(72)79)75(64)70(58)59)77-68(47-23-8-3-9-24-47)61-34-18-33-55-52-29-14-17-32-56(52)76(71(55)61)80(65)77;;/h1-44H;2*1H/i;1+1D;1+1. The van der Waals surface area contributed by atoms with Crippen LogP contribution >= 0.6 is 0 Å². The molecule has 0 saturated carbocycles. The zero-order chi connectivity index (χ0) is 53.9. The van der Waals surface area contributed by atoms with Crippen molar-refractivity contribution in [1.82, 2.24) is 0 Å². The van der Waals surface area contributed by atoms with Gasteiger partial charge in [-0.3, -0.25) is 0 Å². The van der Waals surface area contributed by atoms with Gasteiger partial charge >= 0.3 is 0 Å². The zero-order valence-corrected chi connectivity index (χ0v) is 43.4.